The summed E-state index contributed by atoms with van der Waals surface area (Å²) in [7, 11) is 0. The lowest BCUT2D eigenvalue weighted by molar-refractivity contribution is 0.453. The van der Waals surface area contributed by atoms with E-state index in [0.29, 0.717) is 17.2 Å². The monoisotopic (exact) mass is 321 g/mol. The van der Waals surface area contributed by atoms with Crippen molar-refractivity contribution in [2.45, 2.75) is 55.8 Å². The molecule has 5 heteroatoms. The summed E-state index contributed by atoms with van der Waals surface area (Å²) in [6.07, 6.45) is 5.19. The number of imidazole rings is 1. The first-order valence-electron chi connectivity index (χ1n) is 7.61. The van der Waals surface area contributed by atoms with Crippen LogP contribution in [-0.2, 0) is 13.1 Å². The highest BCUT2D eigenvalue weighted by atomic mass is 32.2. The number of nitrogens with zero attached hydrogens (tertiary/aromatic N) is 2. The fourth-order valence-electron chi connectivity index (χ4n) is 2.82. The minimum Gasteiger partial charge on any atom is -0.334 e. The zero-order valence-electron chi connectivity index (χ0n) is 12.9. The molecule has 1 aliphatic heterocycles. The molecule has 0 amide bonds. The molecular formula is C16H23N3S2. The molecule has 3 rings (SSSR count). The second-order valence-corrected chi connectivity index (χ2v) is 8.77. The van der Waals surface area contributed by atoms with Crippen LogP contribution in [0.15, 0.2) is 28.0 Å². The number of rotatable bonds is 5. The van der Waals surface area contributed by atoms with Crippen LogP contribution in [0.1, 0.15) is 44.6 Å². The molecular weight excluding hydrogens is 298 g/mol. The summed E-state index contributed by atoms with van der Waals surface area (Å²) < 4.78 is 3.75. The van der Waals surface area contributed by atoms with Crippen molar-refractivity contribution >= 4 is 23.1 Å². The topological polar surface area (TPSA) is 29.9 Å². The Morgan fingerprint density at radius 1 is 1.48 bits per heavy atom. The molecule has 0 saturated carbocycles. The van der Waals surface area contributed by atoms with Crippen LogP contribution in [0.4, 0.5) is 0 Å². The Labute approximate surface area is 135 Å². The molecule has 0 unspecified atom stereocenters. The van der Waals surface area contributed by atoms with Gasteiger partial charge in [0.2, 0.25) is 0 Å². The number of thiophene rings is 1. The van der Waals surface area contributed by atoms with E-state index in [4.69, 9.17) is 0 Å². The van der Waals surface area contributed by atoms with E-state index in [0.717, 1.165) is 18.9 Å². The summed E-state index contributed by atoms with van der Waals surface area (Å²) in [6, 6.07) is 2.74. The van der Waals surface area contributed by atoms with Crippen molar-refractivity contribution in [2.75, 3.05) is 0 Å². The van der Waals surface area contributed by atoms with Gasteiger partial charge in [-0.15, -0.1) is 23.1 Å². The average molecular weight is 322 g/mol. The van der Waals surface area contributed by atoms with Gasteiger partial charge < -0.3 is 9.88 Å². The molecule has 114 valence electrons. The predicted molar refractivity (Wildman–Crippen MR) is 90.9 cm³/mol. The fourth-order valence-corrected chi connectivity index (χ4v) is 5.39. The zero-order valence-corrected chi connectivity index (χ0v) is 14.5. The van der Waals surface area contributed by atoms with E-state index in [-0.39, 0.29) is 0 Å². The summed E-state index contributed by atoms with van der Waals surface area (Å²) in [6.45, 7) is 8.69. The van der Waals surface area contributed by atoms with Crippen LogP contribution in [0, 0.1) is 5.92 Å². The normalized spacial score (nSPS) is 21.7. The Hall–Kier alpha value is -0.780. The van der Waals surface area contributed by atoms with Gasteiger partial charge >= 0.3 is 0 Å². The van der Waals surface area contributed by atoms with E-state index in [2.05, 4.69) is 53.3 Å². The van der Waals surface area contributed by atoms with Gasteiger partial charge in [-0.1, -0.05) is 20.8 Å². The number of nitrogens with one attached hydrogen (secondary N) is 1. The largest absolute Gasteiger partial charge is 0.334 e. The molecule has 0 aromatic carbocycles. The second-order valence-electron chi connectivity index (χ2n) is 6.15. The predicted octanol–water partition coefficient (Wildman–Crippen LogP) is 4.32. The molecule has 21 heavy (non-hydrogen) atoms. The minimum absolute atomic E-state index is 0.465. The van der Waals surface area contributed by atoms with Crippen LogP contribution in [-0.4, -0.2) is 14.8 Å². The van der Waals surface area contributed by atoms with Gasteiger partial charge in [-0.2, -0.15) is 0 Å². The van der Waals surface area contributed by atoms with Gasteiger partial charge in [0.25, 0.3) is 0 Å². The number of aromatic nitrogens is 2. The molecule has 0 bridgehead atoms. The van der Waals surface area contributed by atoms with Crippen LogP contribution in [0.3, 0.4) is 0 Å². The average Bonchev–Trinajstić information content (AvgIpc) is 3.04. The smallest absolute Gasteiger partial charge is 0.122 e. The quantitative estimate of drug-likeness (QED) is 0.889. The van der Waals surface area contributed by atoms with Crippen LogP contribution in [0.25, 0.3) is 0 Å². The van der Waals surface area contributed by atoms with E-state index in [1.54, 1.807) is 0 Å². The van der Waals surface area contributed by atoms with Crippen LogP contribution in [0.2, 0.25) is 0 Å². The van der Waals surface area contributed by atoms with Gasteiger partial charge in [-0.25, -0.2) is 4.98 Å². The van der Waals surface area contributed by atoms with Crippen molar-refractivity contribution in [1.82, 2.24) is 14.9 Å². The van der Waals surface area contributed by atoms with Crippen molar-refractivity contribution in [3.8, 4) is 0 Å². The van der Waals surface area contributed by atoms with Gasteiger partial charge in [0, 0.05) is 30.2 Å². The molecule has 0 aliphatic carbocycles. The molecule has 0 radical (unpaired) electrons. The Bertz CT molecular complexity index is 588. The SMILES string of the molecule is CC(C)Cn1ccnc1CN[C@@H]1C[C@H](C)Sc2sccc21. The van der Waals surface area contributed by atoms with Crippen molar-refractivity contribution in [1.29, 1.82) is 0 Å². The van der Waals surface area contributed by atoms with Crippen LogP contribution >= 0.6 is 23.1 Å². The molecule has 1 N–H and O–H groups in total. The highest BCUT2D eigenvalue weighted by Crippen LogP contribution is 2.43. The molecule has 0 spiro atoms. The van der Waals surface area contributed by atoms with Crippen molar-refractivity contribution < 1.29 is 0 Å². The van der Waals surface area contributed by atoms with Gasteiger partial charge in [0.1, 0.15) is 5.82 Å². The Morgan fingerprint density at radius 2 is 2.33 bits per heavy atom. The number of thioether (sulfide) groups is 1. The van der Waals surface area contributed by atoms with E-state index < -0.39 is 0 Å². The number of hydrogen-bond donors (Lipinski definition) is 1. The fraction of sp³-hybridized carbons (Fsp3) is 0.562. The van der Waals surface area contributed by atoms with Gasteiger partial charge in [-0.3, -0.25) is 0 Å². The molecule has 2 atom stereocenters. The third-order valence-electron chi connectivity index (χ3n) is 3.78. The summed E-state index contributed by atoms with van der Waals surface area (Å²) >= 11 is 3.88. The first-order chi connectivity index (χ1) is 10.1. The molecule has 3 nitrogen and oxygen atoms in total. The Kier molecular flexibility index (Phi) is 4.72. The first-order valence-corrected chi connectivity index (χ1v) is 9.37. The van der Waals surface area contributed by atoms with Crippen molar-refractivity contribution in [3.63, 3.8) is 0 Å². The maximum atomic E-state index is 4.51. The summed E-state index contributed by atoms with van der Waals surface area (Å²) in [5.74, 6) is 1.79. The number of fused-ring (bicyclic) bond motifs is 1. The van der Waals surface area contributed by atoms with E-state index in [1.165, 1.54) is 16.2 Å². The third-order valence-corrected chi connectivity index (χ3v) is 6.12. The molecule has 2 aromatic rings. The Morgan fingerprint density at radius 3 is 3.14 bits per heavy atom. The van der Waals surface area contributed by atoms with E-state index in [9.17, 15) is 0 Å². The molecule has 2 aromatic heterocycles. The zero-order chi connectivity index (χ0) is 14.8. The standard InChI is InChI=1S/C16H23N3S2/c1-11(2)10-19-6-5-17-15(19)9-18-14-8-12(3)21-16-13(14)4-7-20-16/h4-7,11-12,14,18H,8-10H2,1-3H3/t12-,14+/m0/s1. The lowest BCUT2D eigenvalue weighted by Crippen LogP contribution is -2.27. The highest BCUT2D eigenvalue weighted by molar-refractivity contribution is 8.01. The van der Waals surface area contributed by atoms with Gasteiger partial charge in [0.05, 0.1) is 10.8 Å². The highest BCUT2D eigenvalue weighted by Gasteiger charge is 2.26. The molecule has 3 heterocycles. The van der Waals surface area contributed by atoms with E-state index >= 15 is 0 Å². The van der Waals surface area contributed by atoms with Crippen molar-refractivity contribution in [2.24, 2.45) is 5.92 Å². The minimum atomic E-state index is 0.465. The maximum Gasteiger partial charge on any atom is 0.122 e. The van der Waals surface area contributed by atoms with Crippen LogP contribution in [0.5, 0.6) is 0 Å². The molecule has 0 fully saturated rings. The third kappa shape index (κ3) is 3.52. The lowest BCUT2D eigenvalue weighted by Gasteiger charge is -2.27. The second kappa shape index (κ2) is 6.55. The first kappa shape index (κ1) is 15.1. The van der Waals surface area contributed by atoms with E-state index in [1.807, 2.05) is 29.3 Å². The van der Waals surface area contributed by atoms with Crippen molar-refractivity contribution in [3.05, 3.63) is 35.2 Å². The Balaban J connectivity index is 1.67. The molecule has 0 saturated heterocycles. The van der Waals surface area contributed by atoms with Crippen LogP contribution < -0.4 is 5.32 Å². The number of hydrogen-bond acceptors (Lipinski definition) is 4. The van der Waals surface area contributed by atoms with Gasteiger partial charge in [-0.05, 0) is 29.3 Å². The summed E-state index contributed by atoms with van der Waals surface area (Å²) in [5, 5.41) is 6.62. The van der Waals surface area contributed by atoms with Gasteiger partial charge in [0.15, 0.2) is 0 Å². The molecule has 1 aliphatic rings. The summed E-state index contributed by atoms with van der Waals surface area (Å²) in [4.78, 5) is 4.51. The maximum absolute atomic E-state index is 4.51. The lowest BCUT2D eigenvalue weighted by atomic mass is 10.0. The summed E-state index contributed by atoms with van der Waals surface area (Å²) in [5.41, 5.74) is 1.48.